The van der Waals surface area contributed by atoms with Crippen molar-refractivity contribution in [1.29, 1.82) is 0 Å². The van der Waals surface area contributed by atoms with Crippen molar-refractivity contribution in [3.05, 3.63) is 16.5 Å². The SMILES string of the molecule is Cc1nc(N2CCN(C(=O)OC(C)(C)C)C[C@@H]2C)c2c(Br)cn(C)c2n1. The van der Waals surface area contributed by atoms with E-state index >= 15 is 0 Å². The van der Waals surface area contributed by atoms with Crippen LogP contribution < -0.4 is 4.90 Å². The molecule has 7 nitrogen and oxygen atoms in total. The molecule has 3 heterocycles. The Kier molecular flexibility index (Phi) is 4.90. The first-order valence-electron chi connectivity index (χ1n) is 8.80. The number of halogens is 1. The second-order valence-corrected chi connectivity index (χ2v) is 8.70. The van der Waals surface area contributed by atoms with Gasteiger partial charge in [0.05, 0.1) is 5.39 Å². The van der Waals surface area contributed by atoms with Gasteiger partial charge in [0.2, 0.25) is 0 Å². The highest BCUT2D eigenvalue weighted by atomic mass is 79.9. The molecular weight excluding hydrogens is 398 g/mol. The summed E-state index contributed by atoms with van der Waals surface area (Å²) in [5, 5.41) is 1.01. The second-order valence-electron chi connectivity index (χ2n) is 7.85. The topological polar surface area (TPSA) is 63.5 Å². The molecule has 0 radical (unpaired) electrons. The number of rotatable bonds is 1. The molecule has 0 spiro atoms. The Balaban J connectivity index is 1.87. The van der Waals surface area contributed by atoms with Gasteiger partial charge in [-0.2, -0.15) is 0 Å². The summed E-state index contributed by atoms with van der Waals surface area (Å²) in [6.45, 7) is 11.6. The standard InChI is InChI=1S/C18H26BrN5O2/c1-11-9-23(17(25)26-18(3,4)5)7-8-24(11)16-14-13(19)10-22(6)15(14)20-12(2)21-16/h10-11H,7-9H2,1-6H3/t11-/m0/s1. The molecule has 0 saturated carbocycles. The van der Waals surface area contributed by atoms with Crippen LogP contribution in [-0.2, 0) is 11.8 Å². The number of ether oxygens (including phenoxy) is 1. The lowest BCUT2D eigenvalue weighted by molar-refractivity contribution is 0.0218. The first kappa shape index (κ1) is 18.9. The van der Waals surface area contributed by atoms with Crippen LogP contribution in [0.25, 0.3) is 11.0 Å². The molecule has 0 N–H and O–H groups in total. The summed E-state index contributed by atoms with van der Waals surface area (Å²) in [5.74, 6) is 1.65. The Morgan fingerprint density at radius 2 is 2.00 bits per heavy atom. The van der Waals surface area contributed by atoms with Crippen LogP contribution in [0, 0.1) is 6.92 Å². The van der Waals surface area contributed by atoms with Crippen molar-refractivity contribution in [1.82, 2.24) is 19.4 Å². The number of nitrogens with zero attached hydrogens (tertiary/aromatic N) is 5. The summed E-state index contributed by atoms with van der Waals surface area (Å²) < 4.78 is 8.49. The Labute approximate surface area is 162 Å². The molecule has 1 aliphatic heterocycles. The zero-order valence-corrected chi connectivity index (χ0v) is 17.8. The van der Waals surface area contributed by atoms with Crippen LogP contribution in [0.3, 0.4) is 0 Å². The molecule has 0 bridgehead atoms. The highest BCUT2D eigenvalue weighted by Crippen LogP contribution is 2.34. The van der Waals surface area contributed by atoms with Crippen LogP contribution in [-0.4, -0.2) is 56.8 Å². The number of aromatic nitrogens is 3. The first-order valence-corrected chi connectivity index (χ1v) is 9.60. The number of hydrogen-bond acceptors (Lipinski definition) is 5. The monoisotopic (exact) mass is 423 g/mol. The number of carbonyl (C=O) groups excluding carboxylic acids is 1. The van der Waals surface area contributed by atoms with Crippen molar-refractivity contribution in [2.24, 2.45) is 7.05 Å². The van der Waals surface area contributed by atoms with E-state index < -0.39 is 5.60 Å². The summed E-state index contributed by atoms with van der Waals surface area (Å²) in [6, 6.07) is 0.126. The lowest BCUT2D eigenvalue weighted by atomic mass is 10.1. The predicted molar refractivity (Wildman–Crippen MR) is 106 cm³/mol. The van der Waals surface area contributed by atoms with E-state index in [0.717, 1.165) is 27.1 Å². The summed E-state index contributed by atoms with van der Waals surface area (Å²) in [4.78, 5) is 25.7. The molecule has 142 valence electrons. The fourth-order valence-corrected chi connectivity index (χ4v) is 3.94. The molecule has 1 atom stereocenters. The molecule has 1 aliphatic rings. The quantitative estimate of drug-likeness (QED) is 0.702. The van der Waals surface area contributed by atoms with Crippen LogP contribution in [0.1, 0.15) is 33.5 Å². The van der Waals surface area contributed by atoms with Gasteiger partial charge in [0, 0.05) is 43.4 Å². The Hall–Kier alpha value is -1.83. The van der Waals surface area contributed by atoms with Gasteiger partial charge in [-0.15, -0.1) is 0 Å². The van der Waals surface area contributed by atoms with Gasteiger partial charge in [-0.25, -0.2) is 14.8 Å². The van der Waals surface area contributed by atoms with Crippen molar-refractivity contribution in [2.45, 2.75) is 46.3 Å². The van der Waals surface area contributed by atoms with E-state index in [1.807, 2.05) is 45.5 Å². The molecular formula is C18H26BrN5O2. The van der Waals surface area contributed by atoms with Crippen LogP contribution in [0.5, 0.6) is 0 Å². The van der Waals surface area contributed by atoms with Gasteiger partial charge in [-0.3, -0.25) is 0 Å². The molecule has 8 heteroatoms. The van der Waals surface area contributed by atoms with Crippen LogP contribution in [0.15, 0.2) is 10.7 Å². The van der Waals surface area contributed by atoms with Gasteiger partial charge in [0.1, 0.15) is 22.9 Å². The van der Waals surface area contributed by atoms with E-state index in [2.05, 4.69) is 32.7 Å². The predicted octanol–water partition coefficient (Wildman–Crippen LogP) is 3.48. The maximum atomic E-state index is 12.4. The average Bonchev–Trinajstić information content (AvgIpc) is 2.79. The third kappa shape index (κ3) is 3.65. The number of hydrogen-bond donors (Lipinski definition) is 0. The van der Waals surface area contributed by atoms with Crippen molar-refractivity contribution in [3.63, 3.8) is 0 Å². The van der Waals surface area contributed by atoms with Gasteiger partial charge in [0.25, 0.3) is 0 Å². The third-order valence-corrected chi connectivity index (χ3v) is 5.02. The lowest BCUT2D eigenvalue weighted by Gasteiger charge is -2.41. The van der Waals surface area contributed by atoms with Crippen LogP contribution >= 0.6 is 15.9 Å². The van der Waals surface area contributed by atoms with Gasteiger partial charge < -0.3 is 19.1 Å². The summed E-state index contributed by atoms with van der Waals surface area (Å²) in [5.41, 5.74) is 0.420. The Morgan fingerprint density at radius 3 is 2.62 bits per heavy atom. The maximum Gasteiger partial charge on any atom is 0.410 e. The largest absolute Gasteiger partial charge is 0.444 e. The molecule has 2 aromatic rings. The fraction of sp³-hybridized carbons (Fsp3) is 0.611. The molecule has 2 aromatic heterocycles. The minimum absolute atomic E-state index is 0.126. The average molecular weight is 424 g/mol. The molecule has 1 saturated heterocycles. The molecule has 26 heavy (non-hydrogen) atoms. The summed E-state index contributed by atoms with van der Waals surface area (Å²) >= 11 is 3.64. The molecule has 1 amide bonds. The van der Waals surface area contributed by atoms with Gasteiger partial charge in [-0.05, 0) is 50.5 Å². The van der Waals surface area contributed by atoms with E-state index in [1.165, 1.54) is 0 Å². The van der Waals surface area contributed by atoms with E-state index in [0.29, 0.717) is 19.6 Å². The number of carbonyl (C=O) groups is 1. The zero-order valence-electron chi connectivity index (χ0n) is 16.2. The lowest BCUT2D eigenvalue weighted by Crippen LogP contribution is -2.55. The number of amides is 1. The van der Waals surface area contributed by atoms with Gasteiger partial charge >= 0.3 is 6.09 Å². The van der Waals surface area contributed by atoms with Crippen molar-refractivity contribution in [3.8, 4) is 0 Å². The highest BCUT2D eigenvalue weighted by molar-refractivity contribution is 9.10. The van der Waals surface area contributed by atoms with Crippen molar-refractivity contribution in [2.75, 3.05) is 24.5 Å². The van der Waals surface area contributed by atoms with Crippen LogP contribution in [0.4, 0.5) is 10.6 Å². The molecule has 0 unspecified atom stereocenters. The number of anilines is 1. The fourth-order valence-electron chi connectivity index (χ4n) is 3.28. The number of aryl methyl sites for hydroxylation is 2. The van der Waals surface area contributed by atoms with Crippen LogP contribution in [0.2, 0.25) is 0 Å². The Morgan fingerprint density at radius 1 is 1.31 bits per heavy atom. The zero-order chi connectivity index (χ0) is 19.2. The minimum Gasteiger partial charge on any atom is -0.444 e. The highest BCUT2D eigenvalue weighted by Gasteiger charge is 2.32. The van der Waals surface area contributed by atoms with E-state index in [1.54, 1.807) is 4.90 Å². The molecule has 0 aliphatic carbocycles. The van der Waals surface area contributed by atoms with Gasteiger partial charge in [0.15, 0.2) is 0 Å². The smallest absolute Gasteiger partial charge is 0.410 e. The second kappa shape index (κ2) is 6.72. The van der Waals surface area contributed by atoms with E-state index in [4.69, 9.17) is 9.72 Å². The van der Waals surface area contributed by atoms with Crippen molar-refractivity contribution >= 4 is 38.9 Å². The third-order valence-electron chi connectivity index (χ3n) is 4.41. The summed E-state index contributed by atoms with van der Waals surface area (Å²) in [6.07, 6.45) is 1.75. The van der Waals surface area contributed by atoms with Crippen molar-refractivity contribution < 1.29 is 9.53 Å². The van der Waals surface area contributed by atoms with E-state index in [-0.39, 0.29) is 12.1 Å². The number of piperazine rings is 1. The number of fused-ring (bicyclic) bond motifs is 1. The maximum absolute atomic E-state index is 12.4. The first-order chi connectivity index (χ1) is 12.1. The normalized spacial score (nSPS) is 18.5. The molecule has 1 fully saturated rings. The summed E-state index contributed by atoms with van der Waals surface area (Å²) in [7, 11) is 1.98. The minimum atomic E-state index is -0.484. The molecule has 3 rings (SSSR count). The Bertz CT molecular complexity index is 842. The van der Waals surface area contributed by atoms with Gasteiger partial charge in [-0.1, -0.05) is 0 Å². The molecule has 0 aromatic carbocycles. The van der Waals surface area contributed by atoms with E-state index in [9.17, 15) is 4.79 Å².